The Morgan fingerprint density at radius 2 is 1.77 bits per heavy atom. The fourth-order valence-electron chi connectivity index (χ4n) is 8.69. The van der Waals surface area contributed by atoms with Crippen LogP contribution in [-0.4, -0.2) is 58.3 Å². The second-order valence-corrected chi connectivity index (χ2v) is 14.5. The summed E-state index contributed by atoms with van der Waals surface area (Å²) in [7, 11) is 2.19. The maximum absolute atomic E-state index is 12.6. The van der Waals surface area contributed by atoms with Crippen molar-refractivity contribution >= 4 is 17.5 Å². The molecule has 1 saturated carbocycles. The quantitative estimate of drug-likeness (QED) is 0.212. The molecule has 6 rings (SSSR count). The predicted octanol–water partition coefficient (Wildman–Crippen LogP) is 7.28. The smallest absolute Gasteiger partial charge is 0.306 e. The van der Waals surface area contributed by atoms with Crippen LogP contribution >= 0.6 is 0 Å². The first-order chi connectivity index (χ1) is 23.3. The maximum Gasteiger partial charge on any atom is 0.306 e. The zero-order valence-corrected chi connectivity index (χ0v) is 29.2. The van der Waals surface area contributed by atoms with E-state index in [1.54, 1.807) is 6.07 Å². The number of benzene rings is 1. The van der Waals surface area contributed by atoms with Gasteiger partial charge in [0.1, 0.15) is 5.82 Å². The monoisotopic (exact) mass is 653 g/mol. The summed E-state index contributed by atoms with van der Waals surface area (Å²) in [6.07, 6.45) is 13.2. The molecule has 1 aliphatic heterocycles. The largest absolute Gasteiger partial charge is 0.481 e. The van der Waals surface area contributed by atoms with Gasteiger partial charge in [-0.25, -0.2) is 4.98 Å². The number of aryl methyl sites for hydroxylation is 2. The van der Waals surface area contributed by atoms with Gasteiger partial charge in [0.05, 0.1) is 12.0 Å². The fourth-order valence-corrected chi connectivity index (χ4v) is 8.69. The number of nitrogens with zero attached hydrogens (tertiary/aromatic N) is 4. The van der Waals surface area contributed by atoms with Gasteiger partial charge >= 0.3 is 5.97 Å². The van der Waals surface area contributed by atoms with Gasteiger partial charge in [0.2, 0.25) is 0 Å². The predicted molar refractivity (Wildman–Crippen MR) is 194 cm³/mol. The number of hydrogen-bond donors (Lipinski definition) is 2. The molecular weight excluding hydrogens is 598 g/mol. The Morgan fingerprint density at radius 3 is 2.46 bits per heavy atom. The molecule has 2 aromatic heterocycles. The number of rotatable bonds is 12. The molecule has 8 heteroatoms. The summed E-state index contributed by atoms with van der Waals surface area (Å²) >= 11 is 0. The van der Waals surface area contributed by atoms with Crippen LogP contribution in [0.1, 0.15) is 106 Å². The maximum atomic E-state index is 12.6. The Bertz CT molecular complexity index is 1580. The summed E-state index contributed by atoms with van der Waals surface area (Å²) in [4.78, 5) is 34.6. The fraction of sp³-hybridized carbons (Fsp3) is 0.575. The lowest BCUT2D eigenvalue weighted by molar-refractivity contribution is -0.143. The lowest BCUT2D eigenvalue weighted by Gasteiger charge is -2.39. The summed E-state index contributed by atoms with van der Waals surface area (Å²) in [5.41, 5.74) is 6.22. The summed E-state index contributed by atoms with van der Waals surface area (Å²) in [5, 5.41) is 13.7. The lowest BCUT2D eigenvalue weighted by atomic mass is 9.77. The van der Waals surface area contributed by atoms with E-state index in [0.717, 1.165) is 88.1 Å². The first kappa shape index (κ1) is 34.2. The number of likely N-dealkylation sites (tertiary alicyclic amines) is 1. The van der Waals surface area contributed by atoms with Gasteiger partial charge in [0.25, 0.3) is 5.56 Å². The average molecular weight is 654 g/mol. The molecule has 0 bridgehead atoms. The minimum absolute atomic E-state index is 0.0246. The van der Waals surface area contributed by atoms with Crippen molar-refractivity contribution in [1.82, 2.24) is 14.5 Å². The molecule has 0 amide bonds. The van der Waals surface area contributed by atoms with Crippen LogP contribution in [0.4, 0.5) is 11.5 Å². The van der Waals surface area contributed by atoms with Crippen molar-refractivity contribution in [3.63, 3.8) is 0 Å². The van der Waals surface area contributed by atoms with Gasteiger partial charge in [0.15, 0.2) is 0 Å². The number of pyridine rings is 2. The molecule has 0 spiro atoms. The molecule has 2 aliphatic carbocycles. The van der Waals surface area contributed by atoms with E-state index < -0.39 is 5.97 Å². The average Bonchev–Trinajstić information content (AvgIpc) is 3.12. The van der Waals surface area contributed by atoms with Gasteiger partial charge in [-0.15, -0.1) is 0 Å². The van der Waals surface area contributed by atoms with Crippen LogP contribution < -0.4 is 15.8 Å². The standard InChI is InChI=1S/C40H55N5O3/c1-4-37(29-14-16-30(17-15-29)40(47)48)43(3)38-25-35(33-24-31(18-20-34(33)42-38)28-12-8-6-9-13-28)41-36(27-44-22-10-7-11-23-44)32-19-21-39(46)45(5-2)26-32/h6,8-9,12-13,19,21,25-26,29-31,36-37H,4-5,7,10-11,14-18,20,22-24,27H2,1-3H3,(H,41,42)(H,47,48)/t29?,30?,31-,36+,37-/m1/s1. The second kappa shape index (κ2) is 15.7. The van der Waals surface area contributed by atoms with Crippen molar-refractivity contribution < 1.29 is 9.90 Å². The molecule has 3 aliphatic rings. The summed E-state index contributed by atoms with van der Waals surface area (Å²) < 4.78 is 1.82. The van der Waals surface area contributed by atoms with E-state index in [1.165, 1.54) is 36.1 Å². The first-order valence-corrected chi connectivity index (χ1v) is 18.6. The molecular formula is C40H55N5O3. The van der Waals surface area contributed by atoms with Gasteiger partial charge in [-0.05, 0) is 119 Å². The molecule has 8 nitrogen and oxygen atoms in total. The van der Waals surface area contributed by atoms with Gasteiger partial charge in [-0.2, -0.15) is 0 Å². The number of nitrogens with one attached hydrogen (secondary N) is 1. The Balaban J connectivity index is 1.36. The third-order valence-electron chi connectivity index (χ3n) is 11.6. The van der Waals surface area contributed by atoms with E-state index in [9.17, 15) is 14.7 Å². The first-order valence-electron chi connectivity index (χ1n) is 18.6. The molecule has 2 fully saturated rings. The normalized spacial score (nSPS) is 22.8. The molecule has 0 unspecified atom stereocenters. The molecule has 3 aromatic rings. The third-order valence-corrected chi connectivity index (χ3v) is 11.6. The number of carboxylic acids is 1. The number of anilines is 2. The van der Waals surface area contributed by atoms with Crippen LogP contribution in [-0.2, 0) is 24.2 Å². The van der Waals surface area contributed by atoms with E-state index in [2.05, 4.69) is 71.7 Å². The van der Waals surface area contributed by atoms with E-state index >= 15 is 0 Å². The molecule has 3 atom stereocenters. The van der Waals surface area contributed by atoms with Crippen LogP contribution in [0.25, 0.3) is 0 Å². The van der Waals surface area contributed by atoms with Crippen LogP contribution in [0.15, 0.2) is 59.5 Å². The molecule has 258 valence electrons. The number of piperidine rings is 1. The number of hydrogen-bond acceptors (Lipinski definition) is 6. The van der Waals surface area contributed by atoms with E-state index in [1.807, 2.05) is 17.6 Å². The van der Waals surface area contributed by atoms with Crippen LogP contribution in [0.2, 0.25) is 0 Å². The van der Waals surface area contributed by atoms with Crippen molar-refractivity contribution in [3.05, 3.63) is 87.5 Å². The zero-order valence-electron chi connectivity index (χ0n) is 29.2. The highest BCUT2D eigenvalue weighted by Gasteiger charge is 2.33. The minimum atomic E-state index is -0.649. The van der Waals surface area contributed by atoms with E-state index in [4.69, 9.17) is 4.98 Å². The van der Waals surface area contributed by atoms with Gasteiger partial charge in [0, 0.05) is 55.9 Å². The van der Waals surface area contributed by atoms with Crippen molar-refractivity contribution in [2.45, 2.75) is 109 Å². The van der Waals surface area contributed by atoms with Crippen LogP contribution in [0.3, 0.4) is 0 Å². The van der Waals surface area contributed by atoms with Gasteiger partial charge < -0.3 is 24.8 Å². The Morgan fingerprint density at radius 1 is 1.02 bits per heavy atom. The lowest BCUT2D eigenvalue weighted by Crippen LogP contribution is -2.40. The topological polar surface area (TPSA) is 90.7 Å². The van der Waals surface area contributed by atoms with Crippen molar-refractivity contribution in [3.8, 4) is 0 Å². The molecule has 0 radical (unpaired) electrons. The minimum Gasteiger partial charge on any atom is -0.481 e. The van der Waals surface area contributed by atoms with E-state index in [-0.39, 0.29) is 17.5 Å². The second-order valence-electron chi connectivity index (χ2n) is 14.5. The highest BCUT2D eigenvalue weighted by atomic mass is 16.4. The highest BCUT2D eigenvalue weighted by Crippen LogP contribution is 2.40. The van der Waals surface area contributed by atoms with Crippen molar-refractivity contribution in [2.24, 2.45) is 11.8 Å². The molecule has 1 aromatic carbocycles. The summed E-state index contributed by atoms with van der Waals surface area (Å²) in [6.45, 7) is 8.02. The summed E-state index contributed by atoms with van der Waals surface area (Å²) in [6, 6.07) is 17.3. The number of fused-ring (bicyclic) bond motifs is 1. The number of carboxylic acid groups (broad SMARTS) is 1. The molecule has 48 heavy (non-hydrogen) atoms. The molecule has 2 N–H and O–H groups in total. The summed E-state index contributed by atoms with van der Waals surface area (Å²) in [5.74, 6) is 1.04. The zero-order chi connectivity index (χ0) is 33.6. The molecule has 3 heterocycles. The Labute approximate surface area is 286 Å². The third kappa shape index (κ3) is 7.80. The Kier molecular flexibility index (Phi) is 11.2. The van der Waals surface area contributed by atoms with Crippen molar-refractivity contribution in [2.75, 3.05) is 36.9 Å². The molecule has 1 saturated heterocycles. The number of carbonyl (C=O) groups is 1. The van der Waals surface area contributed by atoms with Crippen LogP contribution in [0, 0.1) is 11.8 Å². The number of aromatic nitrogens is 2. The van der Waals surface area contributed by atoms with Crippen LogP contribution in [0.5, 0.6) is 0 Å². The highest BCUT2D eigenvalue weighted by molar-refractivity contribution is 5.70. The van der Waals surface area contributed by atoms with E-state index in [0.29, 0.717) is 24.4 Å². The van der Waals surface area contributed by atoms with Gasteiger partial charge in [-0.1, -0.05) is 43.7 Å². The van der Waals surface area contributed by atoms with Gasteiger partial charge in [-0.3, -0.25) is 9.59 Å². The van der Waals surface area contributed by atoms with Crippen molar-refractivity contribution in [1.29, 1.82) is 0 Å². The number of aliphatic carboxylic acids is 1. The Hall–Kier alpha value is -3.65. The SMILES string of the molecule is CC[C@H](C1CCC(C(=O)O)CC1)N(C)c1cc(N[C@@H](CN2CCCCC2)c2ccc(=O)n(CC)c2)c2c(n1)CC[C@@H](c1ccccc1)C2.